The molecule has 0 spiro atoms. The number of carbonyl (C=O) groups excluding carboxylic acids is 3. The summed E-state index contributed by atoms with van der Waals surface area (Å²) in [5.41, 5.74) is -1.28. The third-order valence-corrected chi connectivity index (χ3v) is 6.81. The van der Waals surface area contributed by atoms with E-state index in [0.717, 1.165) is 24.5 Å². The van der Waals surface area contributed by atoms with E-state index in [1.807, 2.05) is 0 Å². The fraction of sp³-hybridized carbons (Fsp3) is 0.273. The number of hydrogen-bond donors (Lipinski definition) is 1. The molecule has 0 bridgehead atoms. The van der Waals surface area contributed by atoms with Crippen molar-refractivity contribution in [3.05, 3.63) is 61.6 Å². The molecular weight excluding hydrogens is 580 g/mol. The van der Waals surface area contributed by atoms with E-state index in [4.69, 9.17) is 33.0 Å². The molecule has 194 valence electrons. The van der Waals surface area contributed by atoms with Gasteiger partial charge < -0.3 is 9.84 Å². The molecule has 1 N–H and O–H groups in total. The summed E-state index contributed by atoms with van der Waals surface area (Å²) in [7, 11) is -2.36. The number of hydrogen-bond acceptors (Lipinski definition) is 9. The first-order valence-electron chi connectivity index (χ1n) is 10.0. The summed E-state index contributed by atoms with van der Waals surface area (Å²) < 4.78 is 27.8. The molecule has 1 aliphatic rings. The Morgan fingerprint density at radius 1 is 1.08 bits per heavy atom. The van der Waals surface area contributed by atoms with E-state index in [9.17, 15) is 37.7 Å². The molecule has 0 aliphatic heterocycles. The number of carboxylic acids is 1. The molecule has 0 amide bonds. The number of Topliss-reactive ketones (excluding diaryl/α,β-unsaturated/α-hetero) is 3. The first-order valence-corrected chi connectivity index (χ1v) is 12.7. The summed E-state index contributed by atoms with van der Waals surface area (Å²) in [6.45, 7) is 0. The van der Waals surface area contributed by atoms with Gasteiger partial charge in [0.25, 0.3) is 5.69 Å². The van der Waals surface area contributed by atoms with Gasteiger partial charge in [-0.05, 0) is 30.7 Å². The van der Waals surface area contributed by atoms with Gasteiger partial charge in [-0.25, -0.2) is 13.2 Å². The van der Waals surface area contributed by atoms with E-state index in [1.165, 1.54) is 19.2 Å². The number of nitrogens with zero attached hydrogens (tertiary/aromatic N) is 1. The summed E-state index contributed by atoms with van der Waals surface area (Å²) in [6.07, 6.45) is 1.37. The zero-order chi connectivity index (χ0) is 27.4. The van der Waals surface area contributed by atoms with Crippen LogP contribution >= 0.6 is 23.2 Å². The number of nitro benzene ring substituents is 1. The third kappa shape index (κ3) is 8.13. The van der Waals surface area contributed by atoms with Gasteiger partial charge in [-0.15, -0.1) is 0 Å². The van der Waals surface area contributed by atoms with Crippen molar-refractivity contribution in [1.29, 1.82) is 0 Å². The molecule has 15 heteroatoms. The minimum atomic E-state index is -3.70. The van der Waals surface area contributed by atoms with Gasteiger partial charge in [0.2, 0.25) is 0 Å². The molecule has 0 aromatic heterocycles. The summed E-state index contributed by atoms with van der Waals surface area (Å²) >= 11 is 11.4. The van der Waals surface area contributed by atoms with Crippen molar-refractivity contribution in [3.63, 3.8) is 0 Å². The van der Waals surface area contributed by atoms with Crippen molar-refractivity contribution < 1.29 is 42.4 Å². The number of methoxy groups -OCH3 is 1. The Hall–Kier alpha value is -1.71. The number of halogens is 2. The van der Waals surface area contributed by atoms with E-state index < -0.39 is 55.2 Å². The summed E-state index contributed by atoms with van der Waals surface area (Å²) in [5, 5.41) is 20.3. The van der Waals surface area contributed by atoms with Crippen LogP contribution in [0.15, 0.2) is 35.2 Å². The number of ketones is 3. The standard InChI is InChI=1S/C14H13NO7S.C8H6Cl2O3.K.H/c1-23(21,22)8-5-6-9(10(7-8)15(19)20)14(18)13-11(16)3-2-4-12(13)17;1-13-7-5(10)3-2-4(9)6(7)8(11)12;;/h5-7,13H,2-4H2,1H3;2-3H,1H3,(H,11,12);;. The van der Waals surface area contributed by atoms with Crippen molar-refractivity contribution in [2.24, 2.45) is 5.92 Å². The molecule has 11 nitrogen and oxygen atoms in total. The molecule has 0 unspecified atom stereocenters. The molecule has 1 aliphatic carbocycles. The van der Waals surface area contributed by atoms with E-state index in [2.05, 4.69) is 0 Å². The fourth-order valence-electron chi connectivity index (χ4n) is 3.39. The van der Waals surface area contributed by atoms with Crippen LogP contribution in [0.4, 0.5) is 5.69 Å². The Morgan fingerprint density at radius 3 is 2.05 bits per heavy atom. The Morgan fingerprint density at radius 2 is 1.62 bits per heavy atom. The van der Waals surface area contributed by atoms with Crippen LogP contribution in [0.3, 0.4) is 0 Å². The second-order valence-corrected chi connectivity index (χ2v) is 10.4. The van der Waals surface area contributed by atoms with E-state index in [1.54, 1.807) is 0 Å². The zero-order valence-electron chi connectivity index (χ0n) is 18.8. The van der Waals surface area contributed by atoms with E-state index >= 15 is 0 Å². The van der Waals surface area contributed by atoms with Crippen molar-refractivity contribution in [2.45, 2.75) is 24.2 Å². The van der Waals surface area contributed by atoms with Crippen LogP contribution in [0.25, 0.3) is 0 Å². The molecule has 3 rings (SSSR count). The zero-order valence-corrected chi connectivity index (χ0v) is 21.1. The molecule has 0 saturated heterocycles. The summed E-state index contributed by atoms with van der Waals surface area (Å²) in [6, 6.07) is 5.69. The third-order valence-electron chi connectivity index (χ3n) is 5.09. The molecule has 0 heterocycles. The van der Waals surface area contributed by atoms with Gasteiger partial charge in [-0.3, -0.25) is 24.5 Å². The average molecular weight is 600 g/mol. The first kappa shape index (κ1) is 33.3. The van der Waals surface area contributed by atoms with Gasteiger partial charge in [0.15, 0.2) is 32.9 Å². The number of nitro groups is 1. The van der Waals surface area contributed by atoms with Crippen molar-refractivity contribution >= 4 is 113 Å². The predicted molar refractivity (Wildman–Crippen MR) is 135 cm³/mol. The van der Waals surface area contributed by atoms with Gasteiger partial charge in [-0.2, -0.15) is 0 Å². The maximum atomic E-state index is 12.4. The van der Waals surface area contributed by atoms with Crippen molar-refractivity contribution in [3.8, 4) is 5.75 Å². The number of ether oxygens (including phenoxy) is 1. The van der Waals surface area contributed by atoms with Gasteiger partial charge in [0.05, 0.1) is 32.5 Å². The second-order valence-electron chi connectivity index (χ2n) is 7.53. The van der Waals surface area contributed by atoms with Gasteiger partial charge >= 0.3 is 57.4 Å². The number of aromatic carboxylic acids is 1. The molecule has 2 aromatic carbocycles. The van der Waals surface area contributed by atoms with Crippen molar-refractivity contribution in [2.75, 3.05) is 13.4 Å². The number of carboxylic acid groups (broad SMARTS) is 1. The SMILES string of the molecule is COc1c(Cl)ccc(Cl)c1C(=O)O.CS(=O)(=O)c1ccc(C(=O)C2C(=O)CCCC2=O)c([N+](=O)[O-])c1.[KH]. The minimum absolute atomic E-state index is 0. The molecular formula is C22H20Cl2KNO10S. The van der Waals surface area contributed by atoms with Crippen LogP contribution in [0.1, 0.15) is 40.0 Å². The monoisotopic (exact) mass is 599 g/mol. The summed E-state index contributed by atoms with van der Waals surface area (Å²) in [5.74, 6) is -4.69. The summed E-state index contributed by atoms with van der Waals surface area (Å²) in [4.78, 5) is 56.7. The normalized spacial score (nSPS) is 13.6. The molecule has 0 radical (unpaired) electrons. The fourth-order valence-corrected chi connectivity index (χ4v) is 4.49. The molecule has 1 fully saturated rings. The Bertz CT molecular complexity index is 1360. The van der Waals surface area contributed by atoms with Crippen LogP contribution in [0, 0.1) is 16.0 Å². The van der Waals surface area contributed by atoms with Crippen LogP contribution in [0.5, 0.6) is 5.75 Å². The number of carbonyl (C=O) groups is 4. The number of sulfone groups is 1. The predicted octanol–water partition coefficient (Wildman–Crippen LogP) is 3.17. The maximum absolute atomic E-state index is 12.4. The van der Waals surface area contributed by atoms with Gasteiger partial charge in [-0.1, -0.05) is 23.2 Å². The molecule has 0 atom stereocenters. The van der Waals surface area contributed by atoms with Crippen molar-refractivity contribution in [1.82, 2.24) is 0 Å². The number of rotatable bonds is 6. The molecule has 1 saturated carbocycles. The van der Waals surface area contributed by atoms with Crippen LogP contribution in [-0.4, -0.2) is 107 Å². The second kappa shape index (κ2) is 13.9. The number of benzene rings is 2. The van der Waals surface area contributed by atoms with E-state index in [-0.39, 0.29) is 90.5 Å². The first-order chi connectivity index (χ1) is 16.7. The van der Waals surface area contributed by atoms with E-state index in [0.29, 0.717) is 6.42 Å². The quantitative estimate of drug-likeness (QED) is 0.170. The van der Waals surface area contributed by atoms with Gasteiger partial charge in [0.1, 0.15) is 11.5 Å². The Kier molecular flexibility index (Phi) is 12.5. The Balaban J connectivity index is 0.000000417. The van der Waals surface area contributed by atoms with Crippen LogP contribution < -0.4 is 4.74 Å². The molecule has 37 heavy (non-hydrogen) atoms. The average Bonchev–Trinajstić information content (AvgIpc) is 2.79. The topological polar surface area (TPSA) is 175 Å². The molecule has 2 aromatic rings. The van der Waals surface area contributed by atoms with Crippen LogP contribution in [0.2, 0.25) is 10.0 Å². The van der Waals surface area contributed by atoms with Crippen LogP contribution in [-0.2, 0) is 19.4 Å². The Labute approximate surface area is 263 Å². The van der Waals surface area contributed by atoms with Gasteiger partial charge in [0, 0.05) is 25.2 Å².